The van der Waals surface area contributed by atoms with Crippen LogP contribution in [0.25, 0.3) is 0 Å². The molecule has 1 rings (SSSR count). The van der Waals surface area contributed by atoms with E-state index in [0.29, 0.717) is 6.41 Å². The number of thioether (sulfide) groups is 1. The van der Waals surface area contributed by atoms with Gasteiger partial charge in [-0.25, -0.2) is 13.8 Å². The largest absolute Gasteiger partial charge is 0.377 e. The first-order chi connectivity index (χ1) is 6.53. The van der Waals surface area contributed by atoms with E-state index in [1.54, 1.807) is 6.08 Å². The highest BCUT2D eigenvalue weighted by Gasteiger charge is 2.22. The van der Waals surface area contributed by atoms with E-state index in [1.807, 2.05) is 5.43 Å². The van der Waals surface area contributed by atoms with Crippen LogP contribution >= 0.6 is 11.8 Å². The van der Waals surface area contributed by atoms with Gasteiger partial charge in [0.25, 0.3) is 0 Å². The van der Waals surface area contributed by atoms with Crippen LogP contribution in [0.4, 0.5) is 0 Å². The first kappa shape index (κ1) is 11.1. The molecular formula is C6H9N3O3S2. The molecule has 6 nitrogen and oxygen atoms in total. The lowest BCUT2D eigenvalue weighted by molar-refractivity contribution is -0.109. The molecule has 1 amide bonds. The number of nitrogens with zero attached hydrogens (tertiary/aromatic N) is 1. The number of rotatable bonds is 3. The molecule has 1 heterocycles. The quantitative estimate of drug-likeness (QED) is 0.283. The normalized spacial score (nSPS) is 24.9. The predicted molar refractivity (Wildman–Crippen MR) is 55.1 cm³/mol. The van der Waals surface area contributed by atoms with E-state index in [-0.39, 0.29) is 16.2 Å². The molecule has 14 heavy (non-hydrogen) atoms. The van der Waals surface area contributed by atoms with Gasteiger partial charge in [0.1, 0.15) is 0 Å². The number of hydrogen-bond acceptors (Lipinski definition) is 5. The molecule has 0 saturated heterocycles. The van der Waals surface area contributed by atoms with Crippen molar-refractivity contribution in [2.24, 2.45) is 10.8 Å². The Balaban J connectivity index is 2.48. The van der Waals surface area contributed by atoms with E-state index in [4.69, 9.17) is 5.73 Å². The maximum atomic E-state index is 11.0. The number of nitrogens with two attached hydrogens (primary N) is 1. The van der Waals surface area contributed by atoms with E-state index in [1.165, 1.54) is 0 Å². The van der Waals surface area contributed by atoms with Crippen LogP contribution < -0.4 is 11.2 Å². The van der Waals surface area contributed by atoms with Gasteiger partial charge in [0.15, 0.2) is 15.0 Å². The van der Waals surface area contributed by atoms with Crippen LogP contribution in [0.2, 0.25) is 0 Å². The molecule has 0 aromatic heterocycles. The summed E-state index contributed by atoms with van der Waals surface area (Å²) >= 11 is 1.09. The average Bonchev–Trinajstić information content (AvgIpc) is 2.42. The first-order valence-electron chi connectivity index (χ1n) is 3.63. The number of hydrogen-bond donors (Lipinski definition) is 2. The van der Waals surface area contributed by atoms with Gasteiger partial charge in [0.05, 0.1) is 5.75 Å². The van der Waals surface area contributed by atoms with Crippen molar-refractivity contribution in [3.63, 3.8) is 0 Å². The summed E-state index contributed by atoms with van der Waals surface area (Å²) in [5.41, 5.74) is 7.42. The number of nitrogens with one attached hydrogen (secondary N) is 1. The minimum Gasteiger partial charge on any atom is -0.377 e. The highest BCUT2D eigenvalue weighted by atomic mass is 32.2. The Labute approximate surface area is 85.5 Å². The van der Waals surface area contributed by atoms with Gasteiger partial charge in [0.2, 0.25) is 6.41 Å². The van der Waals surface area contributed by atoms with E-state index in [9.17, 15) is 13.2 Å². The van der Waals surface area contributed by atoms with Crippen LogP contribution in [-0.2, 0) is 14.6 Å². The van der Waals surface area contributed by atoms with Crippen molar-refractivity contribution < 1.29 is 13.2 Å². The molecule has 0 spiro atoms. The summed E-state index contributed by atoms with van der Waals surface area (Å²) in [6, 6.07) is 0. The third-order valence-electron chi connectivity index (χ3n) is 1.40. The van der Waals surface area contributed by atoms with E-state index in [2.05, 4.69) is 5.10 Å². The second-order valence-corrected chi connectivity index (χ2v) is 5.70. The number of carbonyl (C=O) groups is 1. The maximum absolute atomic E-state index is 11.0. The summed E-state index contributed by atoms with van der Waals surface area (Å²) in [6.07, 6.45) is 1.93. The molecule has 0 aromatic carbocycles. The van der Waals surface area contributed by atoms with Gasteiger partial charge in [-0.3, -0.25) is 4.79 Å². The summed E-state index contributed by atoms with van der Waals surface area (Å²) in [7, 11) is -3.06. The second kappa shape index (κ2) is 4.47. The first-order valence-corrected chi connectivity index (χ1v) is 6.23. The molecule has 1 aliphatic rings. The van der Waals surface area contributed by atoms with E-state index >= 15 is 0 Å². The fourth-order valence-corrected chi connectivity index (χ4v) is 3.51. The topological polar surface area (TPSA) is 102 Å². The SMILES string of the molecule is NC(=NNC=O)SC1C=CS(=O)(=O)C1. The molecule has 1 atom stereocenters. The summed E-state index contributed by atoms with van der Waals surface area (Å²) in [5, 5.41) is 4.53. The zero-order chi connectivity index (χ0) is 10.6. The molecule has 1 unspecified atom stereocenters. The van der Waals surface area contributed by atoms with Crippen molar-refractivity contribution in [3.05, 3.63) is 11.5 Å². The molecule has 0 aliphatic carbocycles. The van der Waals surface area contributed by atoms with Gasteiger partial charge in [0, 0.05) is 10.7 Å². The van der Waals surface area contributed by atoms with Crippen LogP contribution in [0.5, 0.6) is 0 Å². The molecule has 0 radical (unpaired) electrons. The number of amides is 1. The fraction of sp³-hybridized carbons (Fsp3) is 0.333. The van der Waals surface area contributed by atoms with Crippen LogP contribution in [0.15, 0.2) is 16.6 Å². The van der Waals surface area contributed by atoms with E-state index in [0.717, 1.165) is 17.2 Å². The van der Waals surface area contributed by atoms with Gasteiger partial charge >= 0.3 is 0 Å². The van der Waals surface area contributed by atoms with Crippen LogP contribution in [0.1, 0.15) is 0 Å². The lowest BCUT2D eigenvalue weighted by Crippen LogP contribution is -2.18. The van der Waals surface area contributed by atoms with Crippen molar-refractivity contribution in [1.82, 2.24) is 5.43 Å². The molecule has 78 valence electrons. The fourth-order valence-electron chi connectivity index (χ4n) is 0.892. The van der Waals surface area contributed by atoms with Crippen LogP contribution in [0.3, 0.4) is 0 Å². The lowest BCUT2D eigenvalue weighted by atomic mass is 10.5. The third-order valence-corrected chi connectivity index (χ3v) is 3.96. The molecule has 0 aromatic rings. The Kier molecular flexibility index (Phi) is 3.53. The summed E-state index contributed by atoms with van der Waals surface area (Å²) in [4.78, 5) is 9.86. The smallest absolute Gasteiger partial charge is 0.227 e. The summed E-state index contributed by atoms with van der Waals surface area (Å²) in [5.74, 6) is 0.0228. The number of hydrazone groups is 1. The number of amidine groups is 1. The Bertz CT molecular complexity index is 374. The van der Waals surface area contributed by atoms with Gasteiger partial charge in [-0.05, 0) is 0 Å². The summed E-state index contributed by atoms with van der Waals surface area (Å²) < 4.78 is 22.0. The van der Waals surface area contributed by atoms with Crippen molar-refractivity contribution in [3.8, 4) is 0 Å². The van der Waals surface area contributed by atoms with E-state index < -0.39 is 9.84 Å². The minimum atomic E-state index is -3.06. The Morgan fingerprint density at radius 3 is 2.93 bits per heavy atom. The van der Waals surface area contributed by atoms with Gasteiger partial charge in [-0.2, -0.15) is 0 Å². The molecule has 3 N–H and O–H groups in total. The zero-order valence-electron chi connectivity index (χ0n) is 7.08. The van der Waals surface area contributed by atoms with Crippen molar-refractivity contribution in [2.75, 3.05) is 5.75 Å². The molecular weight excluding hydrogens is 226 g/mol. The standard InChI is InChI=1S/C6H9N3O3S2/c7-6(9-8-4-10)13-5-1-2-14(11,12)3-5/h1-2,4-5H,3H2,(H2,7,9)(H,8,10). The number of carbonyl (C=O) groups excluding carboxylic acids is 1. The number of sulfone groups is 1. The van der Waals surface area contributed by atoms with Crippen LogP contribution in [0, 0.1) is 0 Å². The van der Waals surface area contributed by atoms with Crippen molar-refractivity contribution in [1.29, 1.82) is 0 Å². The highest BCUT2D eigenvalue weighted by Crippen LogP contribution is 2.20. The van der Waals surface area contributed by atoms with Gasteiger partial charge in [-0.15, -0.1) is 5.10 Å². The summed E-state index contributed by atoms with van der Waals surface area (Å²) in [6.45, 7) is 0. The van der Waals surface area contributed by atoms with Gasteiger partial charge < -0.3 is 5.73 Å². The highest BCUT2D eigenvalue weighted by molar-refractivity contribution is 8.15. The Morgan fingerprint density at radius 2 is 2.43 bits per heavy atom. The molecule has 0 fully saturated rings. The van der Waals surface area contributed by atoms with Crippen molar-refractivity contribution >= 4 is 33.2 Å². The average molecular weight is 235 g/mol. The lowest BCUT2D eigenvalue weighted by Gasteiger charge is -2.04. The molecule has 0 saturated carbocycles. The monoisotopic (exact) mass is 235 g/mol. The predicted octanol–water partition coefficient (Wildman–Crippen LogP) is -0.994. The molecule has 8 heteroatoms. The second-order valence-electron chi connectivity index (χ2n) is 2.51. The third kappa shape index (κ3) is 3.38. The van der Waals surface area contributed by atoms with Crippen molar-refractivity contribution in [2.45, 2.75) is 5.25 Å². The molecule has 1 aliphatic heterocycles. The van der Waals surface area contributed by atoms with Crippen LogP contribution in [-0.4, -0.2) is 31.0 Å². The Hall–Kier alpha value is -1.02. The molecule has 0 bridgehead atoms. The zero-order valence-corrected chi connectivity index (χ0v) is 8.72. The van der Waals surface area contributed by atoms with Gasteiger partial charge in [-0.1, -0.05) is 17.8 Å². The Morgan fingerprint density at radius 1 is 1.71 bits per heavy atom. The minimum absolute atomic E-state index is 0.0228. The maximum Gasteiger partial charge on any atom is 0.227 e.